The van der Waals surface area contributed by atoms with Crippen molar-refractivity contribution in [1.29, 1.82) is 0 Å². The maximum absolute atomic E-state index is 11.7. The van der Waals surface area contributed by atoms with Crippen LogP contribution < -0.4 is 10.2 Å². The maximum Gasteiger partial charge on any atom is 0.227 e. The molecule has 6 heteroatoms. The van der Waals surface area contributed by atoms with Crippen LogP contribution in [0.4, 0.5) is 10.8 Å². The molecule has 2 heterocycles. The quantitative estimate of drug-likeness (QED) is 0.926. The number of carbonyl (C=O) groups is 1. The molecule has 1 amide bonds. The fourth-order valence-electron chi connectivity index (χ4n) is 2.34. The molecule has 2 aromatic rings. The Morgan fingerprint density at radius 1 is 1.35 bits per heavy atom. The van der Waals surface area contributed by atoms with Crippen LogP contribution in [0.25, 0.3) is 11.3 Å². The van der Waals surface area contributed by atoms with Crippen molar-refractivity contribution in [2.45, 2.75) is 12.8 Å². The van der Waals surface area contributed by atoms with Gasteiger partial charge in [0.05, 0.1) is 5.69 Å². The van der Waals surface area contributed by atoms with Crippen LogP contribution in [0.2, 0.25) is 0 Å². The van der Waals surface area contributed by atoms with Crippen molar-refractivity contribution >= 4 is 40.5 Å². The zero-order valence-corrected chi connectivity index (χ0v) is 13.0. The zero-order chi connectivity index (χ0) is 13.4. The summed E-state index contributed by atoms with van der Waals surface area (Å²) in [6.07, 6.45) is 1.40. The normalized spacial score (nSPS) is 13.7. The lowest BCUT2D eigenvalue weighted by atomic mass is 9.98. The summed E-state index contributed by atoms with van der Waals surface area (Å²) >= 11 is 1.60. The van der Waals surface area contributed by atoms with E-state index in [2.05, 4.69) is 16.4 Å². The van der Waals surface area contributed by atoms with Gasteiger partial charge in [0, 0.05) is 37.1 Å². The average Bonchev–Trinajstić information content (AvgIpc) is 2.91. The molecule has 106 valence electrons. The zero-order valence-electron chi connectivity index (χ0n) is 11.3. The molecule has 0 fully saturated rings. The number of carbonyl (C=O) groups excluding carboxylic acids is 1. The lowest BCUT2D eigenvalue weighted by Crippen LogP contribution is -2.30. The second-order valence-corrected chi connectivity index (χ2v) is 5.44. The first-order chi connectivity index (χ1) is 9.19. The molecule has 1 aliphatic rings. The summed E-state index contributed by atoms with van der Waals surface area (Å²) in [6, 6.07) is 6.19. The summed E-state index contributed by atoms with van der Waals surface area (Å²) in [5, 5.41) is 6.01. The van der Waals surface area contributed by atoms with Crippen LogP contribution in [0, 0.1) is 0 Å². The minimum atomic E-state index is 0. The molecule has 0 saturated carbocycles. The minimum Gasteiger partial charge on any atom is -0.365 e. The smallest absolute Gasteiger partial charge is 0.227 e. The average molecular weight is 310 g/mol. The van der Waals surface area contributed by atoms with Crippen LogP contribution in [0.15, 0.2) is 23.6 Å². The van der Waals surface area contributed by atoms with Crippen molar-refractivity contribution in [2.24, 2.45) is 0 Å². The van der Waals surface area contributed by atoms with E-state index in [1.54, 1.807) is 16.2 Å². The summed E-state index contributed by atoms with van der Waals surface area (Å²) < 4.78 is 0. The van der Waals surface area contributed by atoms with Crippen molar-refractivity contribution in [3.8, 4) is 11.3 Å². The van der Waals surface area contributed by atoms with Gasteiger partial charge >= 0.3 is 0 Å². The summed E-state index contributed by atoms with van der Waals surface area (Å²) in [7, 11) is 3.71. The van der Waals surface area contributed by atoms with Gasteiger partial charge < -0.3 is 10.2 Å². The molecule has 0 saturated heterocycles. The molecule has 0 spiro atoms. The van der Waals surface area contributed by atoms with E-state index in [0.29, 0.717) is 6.42 Å². The van der Waals surface area contributed by atoms with E-state index < -0.39 is 0 Å². The molecule has 3 rings (SSSR count). The third-order valence-corrected chi connectivity index (χ3v) is 4.30. The fraction of sp³-hybridized carbons (Fsp3) is 0.286. The standard InChI is InChI=1S/C14H15N3OS.ClH/c1-15-14-16-11(8-19-14)9-3-5-12-10(7-9)4-6-13(18)17(12)2;/h3,5,7-8H,4,6H2,1-2H3,(H,15,16);1H. The largest absolute Gasteiger partial charge is 0.365 e. The van der Waals surface area contributed by atoms with Crippen LogP contribution in [0.3, 0.4) is 0 Å². The van der Waals surface area contributed by atoms with Crippen molar-refractivity contribution < 1.29 is 4.79 Å². The van der Waals surface area contributed by atoms with Gasteiger partial charge in [0.15, 0.2) is 5.13 Å². The number of aromatic nitrogens is 1. The molecule has 0 atom stereocenters. The maximum atomic E-state index is 11.7. The highest BCUT2D eigenvalue weighted by atomic mass is 35.5. The summed E-state index contributed by atoms with van der Waals surface area (Å²) in [4.78, 5) is 17.9. The second kappa shape index (κ2) is 5.81. The second-order valence-electron chi connectivity index (χ2n) is 4.58. The van der Waals surface area contributed by atoms with Crippen molar-refractivity contribution in [3.63, 3.8) is 0 Å². The first-order valence-electron chi connectivity index (χ1n) is 6.22. The Morgan fingerprint density at radius 3 is 2.85 bits per heavy atom. The Labute approximate surface area is 128 Å². The Balaban J connectivity index is 0.00000147. The van der Waals surface area contributed by atoms with Crippen LogP contribution in [0.1, 0.15) is 12.0 Å². The Kier molecular flexibility index (Phi) is 4.30. The molecule has 0 radical (unpaired) electrons. The number of aryl methyl sites for hydroxylation is 1. The third-order valence-electron chi connectivity index (χ3n) is 3.44. The lowest BCUT2D eigenvalue weighted by Gasteiger charge is -2.26. The predicted octanol–water partition coefficient (Wildman–Crippen LogP) is 3.18. The first kappa shape index (κ1) is 14.8. The number of thiazole rings is 1. The number of hydrogen-bond acceptors (Lipinski definition) is 4. The van der Waals surface area contributed by atoms with E-state index >= 15 is 0 Å². The van der Waals surface area contributed by atoms with Gasteiger partial charge in [-0.2, -0.15) is 0 Å². The van der Waals surface area contributed by atoms with E-state index in [1.165, 1.54) is 5.56 Å². The Bertz CT molecular complexity index is 641. The van der Waals surface area contributed by atoms with Gasteiger partial charge in [0.1, 0.15) is 0 Å². The van der Waals surface area contributed by atoms with E-state index in [1.807, 2.05) is 31.6 Å². The number of nitrogens with zero attached hydrogens (tertiary/aromatic N) is 2. The molecule has 1 aromatic carbocycles. The minimum absolute atomic E-state index is 0. The molecule has 1 aliphatic heterocycles. The van der Waals surface area contributed by atoms with E-state index in [9.17, 15) is 4.79 Å². The van der Waals surface area contributed by atoms with Crippen molar-refractivity contribution in [3.05, 3.63) is 29.1 Å². The Hall–Kier alpha value is -1.59. The van der Waals surface area contributed by atoms with E-state index in [4.69, 9.17) is 0 Å². The van der Waals surface area contributed by atoms with Gasteiger partial charge in [-0.1, -0.05) is 6.07 Å². The predicted molar refractivity (Wildman–Crippen MR) is 86.1 cm³/mol. The molecule has 0 bridgehead atoms. The van der Waals surface area contributed by atoms with Crippen LogP contribution >= 0.6 is 23.7 Å². The number of rotatable bonds is 2. The van der Waals surface area contributed by atoms with Crippen LogP contribution in [-0.4, -0.2) is 25.0 Å². The highest BCUT2D eigenvalue weighted by molar-refractivity contribution is 7.14. The molecule has 0 unspecified atom stereocenters. The number of benzene rings is 1. The molecular weight excluding hydrogens is 294 g/mol. The molecule has 1 aromatic heterocycles. The van der Waals surface area contributed by atoms with Gasteiger partial charge in [-0.3, -0.25) is 4.79 Å². The molecule has 4 nitrogen and oxygen atoms in total. The number of amides is 1. The van der Waals surface area contributed by atoms with Gasteiger partial charge in [-0.15, -0.1) is 23.7 Å². The van der Waals surface area contributed by atoms with Crippen LogP contribution in [-0.2, 0) is 11.2 Å². The van der Waals surface area contributed by atoms with Crippen molar-refractivity contribution in [2.75, 3.05) is 24.3 Å². The molecular formula is C14H16ClN3OS. The summed E-state index contributed by atoms with van der Waals surface area (Å²) in [5.41, 5.74) is 4.33. The number of anilines is 2. The molecule has 1 N–H and O–H groups in total. The van der Waals surface area contributed by atoms with Crippen molar-refractivity contribution in [1.82, 2.24) is 4.98 Å². The SMILES string of the molecule is CNc1nc(-c2ccc3c(c2)CCC(=O)N3C)cs1.Cl. The van der Waals surface area contributed by atoms with Gasteiger partial charge in [-0.25, -0.2) is 4.98 Å². The number of fused-ring (bicyclic) bond motifs is 1. The monoisotopic (exact) mass is 309 g/mol. The molecule has 0 aliphatic carbocycles. The van der Waals surface area contributed by atoms with Gasteiger partial charge in [0.2, 0.25) is 5.91 Å². The molecule has 20 heavy (non-hydrogen) atoms. The van der Waals surface area contributed by atoms with E-state index in [0.717, 1.165) is 28.5 Å². The number of halogens is 1. The third kappa shape index (κ3) is 2.51. The number of nitrogens with one attached hydrogen (secondary N) is 1. The topological polar surface area (TPSA) is 45.2 Å². The van der Waals surface area contributed by atoms with Crippen LogP contribution in [0.5, 0.6) is 0 Å². The van der Waals surface area contributed by atoms with E-state index in [-0.39, 0.29) is 18.3 Å². The van der Waals surface area contributed by atoms with Gasteiger partial charge in [0.25, 0.3) is 0 Å². The summed E-state index contributed by atoms with van der Waals surface area (Å²) in [5.74, 6) is 0.186. The Morgan fingerprint density at radius 2 is 2.15 bits per heavy atom. The highest BCUT2D eigenvalue weighted by Crippen LogP contribution is 2.32. The fourth-order valence-corrected chi connectivity index (χ4v) is 3.02. The lowest BCUT2D eigenvalue weighted by molar-refractivity contribution is -0.118. The highest BCUT2D eigenvalue weighted by Gasteiger charge is 2.21. The van der Waals surface area contributed by atoms with Gasteiger partial charge in [-0.05, 0) is 24.1 Å². The first-order valence-corrected chi connectivity index (χ1v) is 7.10. The summed E-state index contributed by atoms with van der Waals surface area (Å²) in [6.45, 7) is 0. The number of hydrogen-bond donors (Lipinski definition) is 1.